The van der Waals surface area contributed by atoms with E-state index in [0.717, 1.165) is 32.1 Å². The predicted octanol–water partition coefficient (Wildman–Crippen LogP) is 6.44. The Kier molecular flexibility index (Phi) is 20.8. The maximum atomic E-state index is 11.8. The zero-order chi connectivity index (χ0) is 34.7. The topological polar surface area (TPSA) is 126 Å². The van der Waals surface area contributed by atoms with Gasteiger partial charge in [-0.05, 0) is 87.5 Å². The Balaban J connectivity index is 0. The fourth-order valence-electron chi connectivity index (χ4n) is 3.05. The van der Waals surface area contributed by atoms with Crippen molar-refractivity contribution in [2.24, 2.45) is 16.2 Å². The number of imide groups is 1. The summed E-state index contributed by atoms with van der Waals surface area (Å²) in [6.07, 6.45) is 4.97. The largest absolute Gasteiger partial charge is 0.469 e. The number of carbonyl (C=O) groups is 5. The highest BCUT2D eigenvalue weighted by atomic mass is 16.6. The summed E-state index contributed by atoms with van der Waals surface area (Å²) in [5, 5.41) is 0. The van der Waals surface area contributed by atoms with E-state index in [4.69, 9.17) is 14.2 Å². The van der Waals surface area contributed by atoms with Gasteiger partial charge in [0.2, 0.25) is 0 Å². The number of ether oxygens (including phenoxy) is 4. The van der Waals surface area contributed by atoms with Crippen molar-refractivity contribution in [1.82, 2.24) is 4.90 Å². The third-order valence-electron chi connectivity index (χ3n) is 8.05. The second-order valence-corrected chi connectivity index (χ2v) is 12.8. The van der Waals surface area contributed by atoms with Gasteiger partial charge in [0, 0.05) is 24.3 Å². The Morgan fingerprint density at radius 1 is 0.614 bits per heavy atom. The van der Waals surface area contributed by atoms with E-state index in [-0.39, 0.29) is 47.2 Å². The van der Waals surface area contributed by atoms with E-state index in [1.54, 1.807) is 13.8 Å². The average Bonchev–Trinajstić information content (AvgIpc) is 3.18. The van der Waals surface area contributed by atoms with E-state index in [1.165, 1.54) is 12.0 Å². The third kappa shape index (κ3) is 15.3. The molecule has 1 aliphatic heterocycles. The number of rotatable bonds is 16. The van der Waals surface area contributed by atoms with Crippen LogP contribution in [0.15, 0.2) is 11.1 Å². The molecule has 0 fully saturated rings. The summed E-state index contributed by atoms with van der Waals surface area (Å²) >= 11 is 0. The van der Waals surface area contributed by atoms with E-state index >= 15 is 0 Å². The van der Waals surface area contributed by atoms with Crippen LogP contribution in [0.3, 0.4) is 0 Å². The van der Waals surface area contributed by atoms with Gasteiger partial charge in [0.1, 0.15) is 6.61 Å². The molecule has 0 bridgehead atoms. The fraction of sp³-hybridized carbons (Fsp3) is 0.794. The molecule has 1 rings (SSSR count). The summed E-state index contributed by atoms with van der Waals surface area (Å²) in [7, 11) is 1.42. The van der Waals surface area contributed by atoms with Gasteiger partial charge in [-0.25, -0.2) is 0 Å². The van der Waals surface area contributed by atoms with Crippen molar-refractivity contribution in [3.63, 3.8) is 0 Å². The molecule has 1 aliphatic rings. The van der Waals surface area contributed by atoms with Gasteiger partial charge < -0.3 is 18.9 Å². The lowest BCUT2D eigenvalue weighted by atomic mass is 9.91. The molecule has 0 radical (unpaired) electrons. The zero-order valence-electron chi connectivity index (χ0n) is 29.9. The van der Waals surface area contributed by atoms with Gasteiger partial charge >= 0.3 is 17.9 Å². The lowest BCUT2D eigenvalue weighted by molar-refractivity contribution is -0.156. The predicted molar refractivity (Wildman–Crippen MR) is 172 cm³/mol. The minimum atomic E-state index is -0.473. The highest BCUT2D eigenvalue weighted by molar-refractivity contribution is 6.18. The molecule has 0 aliphatic carbocycles. The van der Waals surface area contributed by atoms with Crippen molar-refractivity contribution < 1.29 is 42.9 Å². The molecule has 256 valence electrons. The molecule has 1 heterocycles. The molecule has 0 aromatic heterocycles. The van der Waals surface area contributed by atoms with Gasteiger partial charge in [-0.15, -0.1) is 0 Å². The molecule has 10 nitrogen and oxygen atoms in total. The van der Waals surface area contributed by atoms with Crippen molar-refractivity contribution >= 4 is 29.7 Å². The summed E-state index contributed by atoms with van der Waals surface area (Å²) in [4.78, 5) is 58.8. The summed E-state index contributed by atoms with van der Waals surface area (Å²) < 4.78 is 20.2. The van der Waals surface area contributed by atoms with Gasteiger partial charge in [-0.1, -0.05) is 34.1 Å². The van der Waals surface area contributed by atoms with Crippen molar-refractivity contribution in [3.05, 3.63) is 11.1 Å². The van der Waals surface area contributed by atoms with E-state index in [0.29, 0.717) is 43.9 Å². The van der Waals surface area contributed by atoms with E-state index < -0.39 is 5.41 Å². The maximum Gasteiger partial charge on any atom is 0.311 e. The van der Waals surface area contributed by atoms with Gasteiger partial charge in [0.05, 0.1) is 36.6 Å². The van der Waals surface area contributed by atoms with Gasteiger partial charge in [-0.3, -0.25) is 28.9 Å². The number of hydrogen-bond donors (Lipinski definition) is 0. The quantitative estimate of drug-likeness (QED) is 0.0822. The lowest BCUT2D eigenvalue weighted by Crippen LogP contribution is -2.33. The van der Waals surface area contributed by atoms with Crippen LogP contribution in [0.25, 0.3) is 0 Å². The highest BCUT2D eigenvalue weighted by Gasteiger charge is 2.32. The number of esters is 3. The SMILES string of the molecule is CCC(C)(C)C(=O)OC.CCC(C)(C)C(=O)OCCOCCCN1C(=O)C(C)=C(C)C1=O.CCCCOC(=O)C(C)(C)CC. The minimum absolute atomic E-state index is 0.0709. The second-order valence-electron chi connectivity index (χ2n) is 12.8. The van der Waals surface area contributed by atoms with Crippen LogP contribution in [0.1, 0.15) is 122 Å². The molecule has 0 unspecified atom stereocenters. The molecule has 10 heteroatoms. The number of unbranched alkanes of at least 4 members (excludes halogenated alkanes) is 1. The highest BCUT2D eigenvalue weighted by Crippen LogP contribution is 2.23. The van der Waals surface area contributed by atoms with Crippen molar-refractivity contribution in [3.8, 4) is 0 Å². The Labute approximate surface area is 266 Å². The standard InChI is InChI=1S/C17H27NO5.C10H20O2.C7H14O2/c1-6-17(4,5)16(21)23-11-10-22-9-7-8-18-14(19)12(2)13(3)15(18)20;1-5-7-8-12-9(11)10(3,4)6-2;1-5-7(2,3)6(8)9-4/h6-11H2,1-5H3;5-8H2,1-4H3;5H2,1-4H3. The molecule has 0 aromatic carbocycles. The Hall–Kier alpha value is -2.75. The van der Waals surface area contributed by atoms with Crippen LogP contribution in [0.2, 0.25) is 0 Å². The zero-order valence-corrected chi connectivity index (χ0v) is 29.9. The molecular weight excluding hydrogens is 566 g/mol. The van der Waals surface area contributed by atoms with Crippen LogP contribution >= 0.6 is 0 Å². The van der Waals surface area contributed by atoms with Crippen LogP contribution in [0, 0.1) is 16.2 Å². The monoisotopic (exact) mass is 627 g/mol. The van der Waals surface area contributed by atoms with Gasteiger partial charge in [0.15, 0.2) is 0 Å². The Morgan fingerprint density at radius 2 is 1.02 bits per heavy atom. The van der Waals surface area contributed by atoms with Crippen molar-refractivity contribution in [2.45, 2.75) is 122 Å². The average molecular weight is 628 g/mol. The second kappa shape index (κ2) is 21.1. The van der Waals surface area contributed by atoms with Crippen LogP contribution in [-0.2, 0) is 42.9 Å². The number of nitrogens with zero attached hydrogens (tertiary/aromatic N) is 1. The van der Waals surface area contributed by atoms with Crippen molar-refractivity contribution in [2.75, 3.05) is 40.1 Å². The van der Waals surface area contributed by atoms with Gasteiger partial charge in [-0.2, -0.15) is 0 Å². The first kappa shape index (κ1) is 43.4. The molecule has 0 spiro atoms. The number of hydrogen-bond acceptors (Lipinski definition) is 9. The first-order valence-electron chi connectivity index (χ1n) is 15.8. The van der Waals surface area contributed by atoms with E-state index in [1.807, 2.05) is 62.3 Å². The molecular formula is C34H61NO9. The molecule has 0 saturated heterocycles. The summed E-state index contributed by atoms with van der Waals surface area (Å²) in [5.41, 5.74) is -0.0652. The van der Waals surface area contributed by atoms with Gasteiger partial charge in [0.25, 0.3) is 11.8 Å². The van der Waals surface area contributed by atoms with Crippen LogP contribution in [-0.4, -0.2) is 74.7 Å². The van der Waals surface area contributed by atoms with E-state index in [9.17, 15) is 24.0 Å². The maximum absolute atomic E-state index is 11.8. The first-order chi connectivity index (χ1) is 20.3. The van der Waals surface area contributed by atoms with Crippen molar-refractivity contribution in [1.29, 1.82) is 0 Å². The van der Waals surface area contributed by atoms with E-state index in [2.05, 4.69) is 11.7 Å². The molecule has 0 saturated carbocycles. The lowest BCUT2D eigenvalue weighted by Gasteiger charge is -2.20. The summed E-state index contributed by atoms with van der Waals surface area (Å²) in [6, 6.07) is 0. The summed E-state index contributed by atoms with van der Waals surface area (Å²) in [6.45, 7) is 24.4. The molecule has 2 amide bonds. The first-order valence-corrected chi connectivity index (χ1v) is 15.8. The fourth-order valence-corrected chi connectivity index (χ4v) is 3.05. The van der Waals surface area contributed by atoms with Crippen LogP contribution in [0.4, 0.5) is 0 Å². The Bertz CT molecular complexity index is 940. The molecule has 0 aromatic rings. The smallest absolute Gasteiger partial charge is 0.311 e. The third-order valence-corrected chi connectivity index (χ3v) is 8.05. The number of carbonyl (C=O) groups excluding carboxylic acids is 5. The number of amides is 2. The number of methoxy groups -OCH3 is 1. The molecule has 44 heavy (non-hydrogen) atoms. The Morgan fingerprint density at radius 3 is 1.39 bits per heavy atom. The molecule has 0 atom stereocenters. The van der Waals surface area contributed by atoms with Crippen LogP contribution < -0.4 is 0 Å². The minimum Gasteiger partial charge on any atom is -0.469 e. The normalized spacial score (nSPS) is 13.5. The summed E-state index contributed by atoms with van der Waals surface area (Å²) in [5.74, 6) is -0.871. The van der Waals surface area contributed by atoms with Crippen LogP contribution in [0.5, 0.6) is 0 Å². The molecule has 0 N–H and O–H groups in total.